The number of allylic oxidation sites excluding steroid dienone is 1. The molecule has 1 fully saturated rings. The number of rotatable bonds is 8. The highest BCUT2D eigenvalue weighted by Crippen LogP contribution is 2.39. The summed E-state index contributed by atoms with van der Waals surface area (Å²) < 4.78 is 7.41. The number of fused-ring (bicyclic) bond motifs is 1. The second-order valence-corrected chi connectivity index (χ2v) is 9.46. The van der Waals surface area contributed by atoms with Crippen molar-refractivity contribution >= 4 is 46.9 Å². The van der Waals surface area contributed by atoms with Gasteiger partial charge in [-0.3, -0.25) is 10.3 Å². The number of hydrogen-bond acceptors (Lipinski definition) is 9. The van der Waals surface area contributed by atoms with Crippen LogP contribution in [0.5, 0.6) is 0 Å². The first kappa shape index (κ1) is 25.9. The van der Waals surface area contributed by atoms with Crippen molar-refractivity contribution in [2.45, 2.75) is 31.9 Å². The van der Waals surface area contributed by atoms with Crippen LogP contribution in [0, 0.1) is 5.41 Å². The molecule has 0 spiro atoms. The molecule has 3 heterocycles. The number of carbonyl (C=O) groups is 1. The number of pyridine rings is 1. The van der Waals surface area contributed by atoms with E-state index in [4.69, 9.17) is 33.4 Å². The molecule has 1 aromatic carbocycles. The number of carbonyl (C=O) groups excluding carboxylic acids is 1. The van der Waals surface area contributed by atoms with Crippen LogP contribution >= 0.6 is 11.6 Å². The number of aliphatic imine (C=N–C) groups is 1. The summed E-state index contributed by atoms with van der Waals surface area (Å²) in [5.41, 5.74) is 4.65. The van der Waals surface area contributed by atoms with Crippen LogP contribution in [0.1, 0.15) is 35.6 Å². The highest BCUT2D eigenvalue weighted by atomic mass is 35.5. The molecule has 1 saturated carbocycles. The number of halogens is 1. The van der Waals surface area contributed by atoms with Gasteiger partial charge in [0.05, 0.1) is 29.2 Å². The van der Waals surface area contributed by atoms with Gasteiger partial charge < -0.3 is 25.7 Å². The van der Waals surface area contributed by atoms with Crippen LogP contribution in [0.15, 0.2) is 76.9 Å². The molecule has 2 aromatic heterocycles. The molecular formula is C26H27ClN10O2. The molecular weight excluding hydrogens is 520 g/mol. The van der Waals surface area contributed by atoms with Gasteiger partial charge in [0.15, 0.2) is 0 Å². The predicted molar refractivity (Wildman–Crippen MR) is 151 cm³/mol. The third-order valence-corrected chi connectivity index (χ3v) is 6.42. The lowest BCUT2D eigenvalue weighted by molar-refractivity contribution is 0.145. The van der Waals surface area contributed by atoms with Gasteiger partial charge >= 0.3 is 6.09 Å². The zero-order chi connectivity index (χ0) is 27.4. The lowest BCUT2D eigenvalue weighted by atomic mass is 10.1. The number of hydrogen-bond donors (Lipinski definition) is 5. The number of alkyl carbamates (subject to hydrolysis) is 1. The molecule has 7 N–H and O–H groups in total. The van der Waals surface area contributed by atoms with Crippen molar-refractivity contribution in [2.24, 2.45) is 21.8 Å². The van der Waals surface area contributed by atoms with Crippen molar-refractivity contribution < 1.29 is 9.53 Å². The smallest absolute Gasteiger partial charge is 0.413 e. The fourth-order valence-electron chi connectivity index (χ4n) is 4.11. The van der Waals surface area contributed by atoms with Crippen molar-refractivity contribution in [1.82, 2.24) is 20.0 Å². The van der Waals surface area contributed by atoms with Crippen LogP contribution in [-0.2, 0) is 17.9 Å². The number of hydrazine groups is 1. The minimum absolute atomic E-state index is 0.137. The van der Waals surface area contributed by atoms with Crippen molar-refractivity contribution in [3.8, 4) is 0 Å². The number of hydrazone groups is 1. The second kappa shape index (κ2) is 11.4. The highest BCUT2D eigenvalue weighted by Gasteiger charge is 2.24. The van der Waals surface area contributed by atoms with E-state index in [-0.39, 0.29) is 18.2 Å². The molecule has 0 saturated heterocycles. The molecule has 2 aliphatic rings. The van der Waals surface area contributed by atoms with Crippen LogP contribution in [0.3, 0.4) is 0 Å². The summed E-state index contributed by atoms with van der Waals surface area (Å²) >= 11 is 6.10. The van der Waals surface area contributed by atoms with Crippen molar-refractivity contribution in [2.75, 3.05) is 5.01 Å². The van der Waals surface area contributed by atoms with E-state index in [1.54, 1.807) is 24.4 Å². The van der Waals surface area contributed by atoms with Crippen LogP contribution in [-0.4, -0.2) is 33.4 Å². The molecule has 0 unspecified atom stereocenters. The minimum atomic E-state index is -0.767. The molecule has 13 heteroatoms. The number of benzene rings is 1. The fourth-order valence-corrected chi connectivity index (χ4v) is 4.31. The number of nitrogens with zero attached hydrogens (tertiary/aromatic N) is 5. The van der Waals surface area contributed by atoms with Crippen LogP contribution in [0.2, 0.25) is 5.02 Å². The second-order valence-electron chi connectivity index (χ2n) is 9.03. The zero-order valence-electron chi connectivity index (χ0n) is 20.8. The van der Waals surface area contributed by atoms with E-state index in [1.165, 1.54) is 42.0 Å². The van der Waals surface area contributed by atoms with Gasteiger partial charge in [-0.15, -0.1) is 0 Å². The molecule has 5 rings (SSSR count). The monoisotopic (exact) mass is 546 g/mol. The Bertz CT molecular complexity index is 1540. The maximum Gasteiger partial charge on any atom is 0.413 e. The van der Waals surface area contributed by atoms with Gasteiger partial charge in [0.2, 0.25) is 0 Å². The van der Waals surface area contributed by atoms with Gasteiger partial charge in [-0.25, -0.2) is 20.6 Å². The highest BCUT2D eigenvalue weighted by molar-refractivity contribution is 6.31. The quantitative estimate of drug-likeness (QED) is 0.125. The molecule has 1 amide bonds. The fraction of sp³-hybridized carbons (Fsp3) is 0.192. The zero-order valence-corrected chi connectivity index (χ0v) is 21.6. The van der Waals surface area contributed by atoms with Gasteiger partial charge in [0.25, 0.3) is 0 Å². The number of nitrogens with one attached hydrogen (secondary N) is 3. The number of ether oxygens (including phenoxy) is 1. The number of anilines is 1. The minimum Gasteiger partial charge on any atom is -0.444 e. The van der Waals surface area contributed by atoms with E-state index in [0.717, 1.165) is 11.3 Å². The largest absolute Gasteiger partial charge is 0.444 e. The molecule has 0 atom stereocenters. The summed E-state index contributed by atoms with van der Waals surface area (Å²) in [5.74, 6) is 11.9. The normalized spacial score (nSPS) is 16.1. The molecule has 200 valence electrons. The van der Waals surface area contributed by atoms with Crippen molar-refractivity contribution in [1.29, 1.82) is 5.41 Å². The Labute approximate surface area is 229 Å². The Morgan fingerprint density at radius 3 is 2.95 bits per heavy atom. The summed E-state index contributed by atoms with van der Waals surface area (Å²) in [4.78, 5) is 21.5. The third-order valence-electron chi connectivity index (χ3n) is 6.18. The lowest BCUT2D eigenvalue weighted by Gasteiger charge is -2.18. The van der Waals surface area contributed by atoms with Gasteiger partial charge in [-0.05, 0) is 54.7 Å². The maximum atomic E-state index is 12.6. The summed E-state index contributed by atoms with van der Waals surface area (Å²) in [6.07, 6.45) is 11.6. The molecule has 1 aliphatic heterocycles. The van der Waals surface area contributed by atoms with E-state index in [2.05, 4.69) is 38.0 Å². The van der Waals surface area contributed by atoms with Crippen molar-refractivity contribution in [3.63, 3.8) is 0 Å². The molecule has 39 heavy (non-hydrogen) atoms. The number of amidine groups is 1. The van der Waals surface area contributed by atoms with Crippen LogP contribution in [0.4, 0.5) is 10.5 Å². The van der Waals surface area contributed by atoms with Crippen LogP contribution in [0.25, 0.3) is 5.65 Å². The Balaban J connectivity index is 1.21. The van der Waals surface area contributed by atoms with Gasteiger partial charge in [-0.2, -0.15) is 5.10 Å². The van der Waals surface area contributed by atoms with Crippen LogP contribution < -0.4 is 27.3 Å². The molecule has 12 nitrogen and oxygen atoms in total. The first-order valence-electron chi connectivity index (χ1n) is 12.2. The summed E-state index contributed by atoms with van der Waals surface area (Å²) in [7, 11) is 0. The SMILES string of the molecule is N=C1C=CN=C(NC(=O)OCc2cc(Cl)ccc2N(N)/C=N\N)/C1=C/NCc1cn2cc(C3CC3)ccc2n1. The van der Waals surface area contributed by atoms with E-state index in [9.17, 15) is 4.79 Å². The van der Waals surface area contributed by atoms with E-state index >= 15 is 0 Å². The molecule has 0 bridgehead atoms. The lowest BCUT2D eigenvalue weighted by Crippen LogP contribution is -2.36. The first-order valence-corrected chi connectivity index (χ1v) is 12.5. The van der Waals surface area contributed by atoms with Gasteiger partial charge in [-0.1, -0.05) is 17.7 Å². The Kier molecular flexibility index (Phi) is 7.57. The number of nitrogens with two attached hydrogens (primary N) is 2. The summed E-state index contributed by atoms with van der Waals surface area (Å²) in [5, 5.41) is 19.1. The number of imidazole rings is 1. The predicted octanol–water partition coefficient (Wildman–Crippen LogP) is 3.29. The van der Waals surface area contributed by atoms with E-state index in [0.29, 0.717) is 34.3 Å². The molecule has 3 aromatic rings. The maximum absolute atomic E-state index is 12.6. The average molecular weight is 547 g/mol. The summed E-state index contributed by atoms with van der Waals surface area (Å²) in [6.45, 7) is 0.292. The average Bonchev–Trinajstić information content (AvgIpc) is 3.68. The molecule has 1 aliphatic carbocycles. The van der Waals surface area contributed by atoms with Crippen molar-refractivity contribution in [3.05, 3.63) is 88.6 Å². The van der Waals surface area contributed by atoms with Gasteiger partial charge in [0, 0.05) is 35.4 Å². The summed E-state index contributed by atoms with van der Waals surface area (Å²) in [6, 6.07) is 9.07. The Morgan fingerprint density at radius 2 is 2.15 bits per heavy atom. The van der Waals surface area contributed by atoms with E-state index < -0.39 is 6.09 Å². The van der Waals surface area contributed by atoms with Gasteiger partial charge in [0.1, 0.15) is 24.4 Å². The third kappa shape index (κ3) is 6.25. The topological polar surface area (TPSA) is 172 Å². The van der Waals surface area contributed by atoms with E-state index in [1.807, 2.05) is 16.7 Å². The number of aromatic nitrogens is 2. The first-order chi connectivity index (χ1) is 18.9. The molecule has 0 radical (unpaired) electrons. The standard InChI is InChI=1S/C26H27ClN10O2/c27-19-4-5-23(37(30)15-33-29)18(9-19)14-39-26(38)35-25-21(22(28)7-8-32-25)11-31-10-20-13-36-12-17(16-1-2-16)3-6-24(36)34-20/h3-9,11-13,15-16,28,31H,1-2,10,14,29-30H2,(H,32,35,38)/b21-11+,28-22?,33-15-. The Morgan fingerprint density at radius 1 is 1.31 bits per heavy atom. The Hall–Kier alpha value is -4.68. The number of amides is 1.